The quantitative estimate of drug-likeness (QED) is 0.0457. The summed E-state index contributed by atoms with van der Waals surface area (Å²) in [6.45, 7) is 3.62. The Morgan fingerprint density at radius 1 is 0.472 bits per heavy atom. The van der Waals surface area contributed by atoms with E-state index in [2.05, 4.69) is 6.58 Å². The van der Waals surface area contributed by atoms with Gasteiger partial charge in [0.2, 0.25) is 0 Å². The fraction of sp³-hybridized carbons (Fsp3) is 0.109. The van der Waals surface area contributed by atoms with Gasteiger partial charge in [0.15, 0.2) is 18.3 Å². The van der Waals surface area contributed by atoms with Crippen molar-refractivity contribution in [1.29, 1.82) is 0 Å². The van der Waals surface area contributed by atoms with Gasteiger partial charge in [0, 0.05) is 0 Å². The van der Waals surface area contributed by atoms with Crippen LogP contribution in [-0.2, 0) is 24.5 Å². The Kier molecular flexibility index (Phi) is 12.0. The normalized spacial score (nSPS) is 12.8. The van der Waals surface area contributed by atoms with Gasteiger partial charge in [-0.3, -0.25) is 0 Å². The van der Waals surface area contributed by atoms with Crippen LogP contribution in [0.15, 0.2) is 195 Å². The highest BCUT2D eigenvalue weighted by Gasteiger charge is 2.43. The first-order chi connectivity index (χ1) is 26.0. The SMILES string of the molecule is C=C[C@@H](OC(=O)c1ccccc1)[C@H](OC(=O)c1ccccc1)[C@@H](COC(c1ccccc1)(c1ccccc1)c1ccccc1)OC(=O)c1ccccc1. The van der Waals surface area contributed by atoms with Crippen LogP contribution in [0.2, 0.25) is 0 Å². The van der Waals surface area contributed by atoms with Crippen LogP contribution < -0.4 is 0 Å². The van der Waals surface area contributed by atoms with Crippen molar-refractivity contribution in [3.63, 3.8) is 0 Å². The summed E-state index contributed by atoms with van der Waals surface area (Å²) in [5.41, 5.74) is 1.98. The first-order valence-corrected chi connectivity index (χ1v) is 17.2. The van der Waals surface area contributed by atoms with Crippen LogP contribution in [0.3, 0.4) is 0 Å². The van der Waals surface area contributed by atoms with Crippen molar-refractivity contribution in [1.82, 2.24) is 0 Å². The maximum Gasteiger partial charge on any atom is 0.338 e. The molecule has 0 heterocycles. The summed E-state index contributed by atoms with van der Waals surface area (Å²) in [6, 6.07) is 54.3. The van der Waals surface area contributed by atoms with E-state index in [1.165, 1.54) is 6.08 Å². The molecule has 0 radical (unpaired) electrons. The molecular weight excluding hydrogens is 664 g/mol. The molecule has 6 aromatic rings. The second-order valence-electron chi connectivity index (χ2n) is 12.1. The average Bonchev–Trinajstić information content (AvgIpc) is 3.23. The minimum Gasteiger partial charge on any atom is -0.452 e. The van der Waals surface area contributed by atoms with Crippen molar-refractivity contribution in [3.05, 3.63) is 228 Å². The molecule has 0 amide bonds. The van der Waals surface area contributed by atoms with Gasteiger partial charge in [-0.1, -0.05) is 152 Å². The lowest BCUT2D eigenvalue weighted by molar-refractivity contribution is -0.115. The van der Waals surface area contributed by atoms with Gasteiger partial charge in [0.05, 0.1) is 23.3 Å². The van der Waals surface area contributed by atoms with Crippen molar-refractivity contribution in [2.45, 2.75) is 23.9 Å². The summed E-state index contributed by atoms with van der Waals surface area (Å²) < 4.78 is 25.4. The van der Waals surface area contributed by atoms with E-state index in [4.69, 9.17) is 18.9 Å². The molecule has 0 unspecified atom stereocenters. The molecule has 0 aliphatic rings. The molecule has 53 heavy (non-hydrogen) atoms. The van der Waals surface area contributed by atoms with Gasteiger partial charge in [-0.15, -0.1) is 0 Å². The number of carbonyl (C=O) groups excluding carboxylic acids is 3. The lowest BCUT2D eigenvalue weighted by atomic mass is 9.80. The van der Waals surface area contributed by atoms with Crippen molar-refractivity contribution in [2.75, 3.05) is 6.61 Å². The summed E-state index contributed by atoms with van der Waals surface area (Å²) in [4.78, 5) is 41.1. The fourth-order valence-electron chi connectivity index (χ4n) is 6.09. The van der Waals surface area contributed by atoms with E-state index in [0.717, 1.165) is 16.7 Å². The number of rotatable bonds is 15. The third-order valence-electron chi connectivity index (χ3n) is 8.70. The molecule has 0 N–H and O–H groups in total. The maximum atomic E-state index is 13.9. The largest absolute Gasteiger partial charge is 0.452 e. The van der Waals surface area contributed by atoms with Crippen LogP contribution in [0.25, 0.3) is 0 Å². The number of carbonyl (C=O) groups is 3. The maximum absolute atomic E-state index is 13.9. The molecule has 264 valence electrons. The number of ether oxygens (including phenoxy) is 4. The van der Waals surface area contributed by atoms with Crippen LogP contribution in [0, 0.1) is 0 Å². The highest BCUT2D eigenvalue weighted by atomic mass is 16.6. The summed E-state index contributed by atoms with van der Waals surface area (Å²) in [5.74, 6) is -2.10. The molecule has 0 aliphatic heterocycles. The molecule has 0 fully saturated rings. The Balaban J connectivity index is 1.47. The second-order valence-corrected chi connectivity index (χ2v) is 12.1. The third kappa shape index (κ3) is 8.67. The summed E-state index contributed by atoms with van der Waals surface area (Å²) >= 11 is 0. The monoisotopic (exact) mass is 702 g/mol. The molecule has 0 aliphatic carbocycles. The number of hydrogen-bond donors (Lipinski definition) is 0. The lowest BCUT2D eigenvalue weighted by Gasteiger charge is -2.38. The van der Waals surface area contributed by atoms with Crippen LogP contribution in [-0.4, -0.2) is 42.8 Å². The summed E-state index contributed by atoms with van der Waals surface area (Å²) in [7, 11) is 0. The van der Waals surface area contributed by atoms with Crippen LogP contribution in [0.5, 0.6) is 0 Å². The molecule has 6 aromatic carbocycles. The van der Waals surface area contributed by atoms with E-state index in [9.17, 15) is 14.4 Å². The van der Waals surface area contributed by atoms with E-state index in [1.807, 2.05) is 91.0 Å². The highest BCUT2D eigenvalue weighted by molar-refractivity contribution is 5.91. The summed E-state index contributed by atoms with van der Waals surface area (Å²) in [6.07, 6.45) is -2.64. The number of benzene rings is 6. The van der Waals surface area contributed by atoms with E-state index in [1.54, 1.807) is 91.0 Å². The van der Waals surface area contributed by atoms with Gasteiger partial charge in [0.25, 0.3) is 0 Å². The lowest BCUT2D eigenvalue weighted by Crippen LogP contribution is -2.48. The number of hydrogen-bond acceptors (Lipinski definition) is 7. The predicted octanol–water partition coefficient (Wildman–Crippen LogP) is 8.86. The van der Waals surface area contributed by atoms with Gasteiger partial charge >= 0.3 is 17.9 Å². The fourth-order valence-corrected chi connectivity index (χ4v) is 6.09. The number of esters is 3. The molecule has 0 bridgehead atoms. The molecule has 0 spiro atoms. The Bertz CT molecular complexity index is 1970. The predicted molar refractivity (Wildman–Crippen MR) is 202 cm³/mol. The van der Waals surface area contributed by atoms with Crippen molar-refractivity contribution in [2.24, 2.45) is 0 Å². The van der Waals surface area contributed by atoms with Gasteiger partial charge in [-0.05, 0) is 59.2 Å². The molecule has 3 atom stereocenters. The van der Waals surface area contributed by atoms with E-state index >= 15 is 0 Å². The van der Waals surface area contributed by atoms with Crippen LogP contribution >= 0.6 is 0 Å². The third-order valence-corrected chi connectivity index (χ3v) is 8.70. The van der Waals surface area contributed by atoms with Gasteiger partial charge < -0.3 is 18.9 Å². The van der Waals surface area contributed by atoms with Crippen LogP contribution in [0.1, 0.15) is 47.8 Å². The molecule has 7 nitrogen and oxygen atoms in total. The second kappa shape index (κ2) is 17.6. The Hall–Kier alpha value is -6.57. The standard InChI is InChI=1S/C46H38O7/c1-2-40(51-43(47)34-21-9-3-10-22-34)42(53-45(49)36-25-13-5-14-26-36)41(52-44(48)35-23-11-4-12-24-35)33-50-46(37-27-15-6-16-28-37,38-29-17-7-18-30-38)39-31-19-8-20-32-39/h2-32,40-42H,1,33H2/t40-,41-,42+/m1/s1. The Morgan fingerprint density at radius 3 is 1.15 bits per heavy atom. The van der Waals surface area contributed by atoms with E-state index in [-0.39, 0.29) is 23.3 Å². The first-order valence-electron chi connectivity index (χ1n) is 17.2. The average molecular weight is 703 g/mol. The zero-order chi connectivity index (χ0) is 36.9. The molecule has 0 saturated carbocycles. The first kappa shape index (κ1) is 36.2. The topological polar surface area (TPSA) is 88.1 Å². The van der Waals surface area contributed by atoms with E-state index < -0.39 is 41.8 Å². The molecular formula is C46H38O7. The zero-order valence-corrected chi connectivity index (χ0v) is 28.9. The Labute approximate surface area is 309 Å². The minimum atomic E-state index is -1.40. The zero-order valence-electron chi connectivity index (χ0n) is 28.9. The molecule has 7 heteroatoms. The smallest absolute Gasteiger partial charge is 0.338 e. The van der Waals surface area contributed by atoms with E-state index in [0.29, 0.717) is 0 Å². The summed E-state index contributed by atoms with van der Waals surface area (Å²) in [5, 5.41) is 0. The van der Waals surface area contributed by atoms with Gasteiger partial charge in [-0.25, -0.2) is 14.4 Å². The van der Waals surface area contributed by atoms with Crippen molar-refractivity contribution in [3.8, 4) is 0 Å². The van der Waals surface area contributed by atoms with Crippen LogP contribution in [0.4, 0.5) is 0 Å². The van der Waals surface area contributed by atoms with Gasteiger partial charge in [0.1, 0.15) is 5.60 Å². The molecule has 6 rings (SSSR count). The van der Waals surface area contributed by atoms with Crippen molar-refractivity contribution >= 4 is 17.9 Å². The minimum absolute atomic E-state index is 0.246. The molecule has 0 aromatic heterocycles. The highest BCUT2D eigenvalue weighted by Crippen LogP contribution is 2.41. The van der Waals surface area contributed by atoms with Crippen molar-refractivity contribution < 1.29 is 33.3 Å². The van der Waals surface area contributed by atoms with Gasteiger partial charge in [-0.2, -0.15) is 0 Å². The molecule has 0 saturated heterocycles. The Morgan fingerprint density at radius 2 is 0.792 bits per heavy atom.